The third kappa shape index (κ3) is 5.80. The fraction of sp³-hybridized carbons (Fsp3) is 0.923. The summed E-state index contributed by atoms with van der Waals surface area (Å²) in [6.45, 7) is 10.2. The highest BCUT2D eigenvalue weighted by molar-refractivity contribution is 5.76. The van der Waals surface area contributed by atoms with Gasteiger partial charge < -0.3 is 16.0 Å². The molecule has 0 bridgehead atoms. The van der Waals surface area contributed by atoms with E-state index in [0.29, 0.717) is 12.3 Å². The molecule has 1 aliphatic heterocycles. The second-order valence-electron chi connectivity index (χ2n) is 5.61. The maximum Gasteiger partial charge on any atom is 0.221 e. The van der Waals surface area contributed by atoms with E-state index in [1.54, 1.807) is 0 Å². The summed E-state index contributed by atoms with van der Waals surface area (Å²) in [4.78, 5) is 16.4. The normalized spacial score (nSPS) is 20.1. The van der Waals surface area contributed by atoms with Crippen LogP contribution in [0.3, 0.4) is 0 Å². The summed E-state index contributed by atoms with van der Waals surface area (Å²) in [5.74, 6) is 0.429. The molecule has 0 spiro atoms. The van der Waals surface area contributed by atoms with E-state index >= 15 is 0 Å². The molecule has 0 aromatic rings. The third-order valence-electron chi connectivity index (χ3n) is 3.62. The SMILES string of the molecule is CC(C)C(N)CC(=O)NCCN1CCN(C)CC1. The van der Waals surface area contributed by atoms with Crippen molar-refractivity contribution in [1.82, 2.24) is 15.1 Å². The van der Waals surface area contributed by atoms with Gasteiger partial charge in [0.15, 0.2) is 0 Å². The Morgan fingerprint density at radius 2 is 1.89 bits per heavy atom. The van der Waals surface area contributed by atoms with Gasteiger partial charge in [-0.15, -0.1) is 0 Å². The minimum absolute atomic E-state index is 0.0337. The molecule has 106 valence electrons. The number of piperazine rings is 1. The minimum atomic E-state index is -0.0337. The van der Waals surface area contributed by atoms with E-state index < -0.39 is 0 Å². The molecule has 1 amide bonds. The van der Waals surface area contributed by atoms with Crippen LogP contribution in [-0.4, -0.2) is 68.1 Å². The van der Waals surface area contributed by atoms with Crippen molar-refractivity contribution in [1.29, 1.82) is 0 Å². The van der Waals surface area contributed by atoms with Crippen molar-refractivity contribution in [2.75, 3.05) is 46.3 Å². The van der Waals surface area contributed by atoms with Gasteiger partial charge in [-0.1, -0.05) is 13.8 Å². The molecule has 0 saturated carbocycles. The molecular weight excluding hydrogens is 228 g/mol. The summed E-state index contributed by atoms with van der Waals surface area (Å²) in [7, 11) is 2.15. The standard InChI is InChI=1S/C13H28N4O/c1-11(2)12(14)10-13(18)15-4-5-17-8-6-16(3)7-9-17/h11-12H,4-10,14H2,1-3H3,(H,15,18). The number of nitrogens with one attached hydrogen (secondary N) is 1. The zero-order chi connectivity index (χ0) is 13.5. The lowest BCUT2D eigenvalue weighted by molar-refractivity contribution is -0.121. The number of likely N-dealkylation sites (N-methyl/N-ethyl adjacent to an activating group) is 1. The molecule has 1 heterocycles. The van der Waals surface area contributed by atoms with Crippen molar-refractivity contribution in [3.63, 3.8) is 0 Å². The average Bonchev–Trinajstić information content (AvgIpc) is 2.31. The molecule has 0 aliphatic carbocycles. The molecule has 5 heteroatoms. The fourth-order valence-corrected chi connectivity index (χ4v) is 1.95. The molecule has 0 radical (unpaired) electrons. The molecule has 1 rings (SSSR count). The third-order valence-corrected chi connectivity index (χ3v) is 3.62. The Labute approximate surface area is 111 Å². The van der Waals surface area contributed by atoms with E-state index in [-0.39, 0.29) is 11.9 Å². The molecule has 1 saturated heterocycles. The second kappa shape index (κ2) is 7.71. The van der Waals surface area contributed by atoms with Gasteiger partial charge in [-0.2, -0.15) is 0 Å². The highest BCUT2D eigenvalue weighted by atomic mass is 16.1. The zero-order valence-electron chi connectivity index (χ0n) is 12.0. The lowest BCUT2D eigenvalue weighted by Gasteiger charge is -2.32. The zero-order valence-corrected chi connectivity index (χ0v) is 12.0. The Balaban J connectivity index is 2.08. The first-order valence-electron chi connectivity index (χ1n) is 6.92. The van der Waals surface area contributed by atoms with E-state index in [9.17, 15) is 4.79 Å². The second-order valence-corrected chi connectivity index (χ2v) is 5.61. The van der Waals surface area contributed by atoms with Crippen molar-refractivity contribution in [3.8, 4) is 0 Å². The monoisotopic (exact) mass is 256 g/mol. The molecule has 5 nitrogen and oxygen atoms in total. The molecule has 1 atom stereocenters. The molecule has 0 aromatic heterocycles. The minimum Gasteiger partial charge on any atom is -0.355 e. The van der Waals surface area contributed by atoms with Gasteiger partial charge in [0, 0.05) is 51.7 Å². The molecule has 1 fully saturated rings. The Kier molecular flexibility index (Phi) is 6.60. The van der Waals surface area contributed by atoms with E-state index in [4.69, 9.17) is 5.73 Å². The van der Waals surface area contributed by atoms with E-state index in [1.165, 1.54) is 0 Å². The number of hydrogen-bond acceptors (Lipinski definition) is 4. The summed E-state index contributed by atoms with van der Waals surface area (Å²) >= 11 is 0. The van der Waals surface area contributed by atoms with Gasteiger partial charge in [0.2, 0.25) is 5.91 Å². The number of hydrogen-bond donors (Lipinski definition) is 2. The van der Waals surface area contributed by atoms with Gasteiger partial charge >= 0.3 is 0 Å². The highest BCUT2D eigenvalue weighted by Crippen LogP contribution is 2.02. The Morgan fingerprint density at radius 1 is 1.28 bits per heavy atom. The number of carbonyl (C=O) groups is 1. The maximum atomic E-state index is 11.6. The van der Waals surface area contributed by atoms with Crippen molar-refractivity contribution < 1.29 is 4.79 Å². The predicted octanol–water partition coefficient (Wildman–Crippen LogP) is -0.277. The maximum absolute atomic E-state index is 11.6. The van der Waals surface area contributed by atoms with Crippen LogP contribution in [0.4, 0.5) is 0 Å². The van der Waals surface area contributed by atoms with Gasteiger partial charge in [-0.25, -0.2) is 0 Å². The summed E-state index contributed by atoms with van der Waals surface area (Å²) in [5, 5.41) is 2.95. The van der Waals surface area contributed by atoms with E-state index in [2.05, 4.69) is 22.2 Å². The molecule has 18 heavy (non-hydrogen) atoms. The Morgan fingerprint density at radius 3 is 2.44 bits per heavy atom. The molecule has 1 aliphatic rings. The van der Waals surface area contributed by atoms with Crippen molar-refractivity contribution in [2.24, 2.45) is 11.7 Å². The van der Waals surface area contributed by atoms with Crippen molar-refractivity contribution in [2.45, 2.75) is 26.3 Å². The topological polar surface area (TPSA) is 61.6 Å². The van der Waals surface area contributed by atoms with Crippen LogP contribution in [0, 0.1) is 5.92 Å². The number of rotatable bonds is 6. The molecular formula is C13H28N4O. The van der Waals surface area contributed by atoms with Crippen LogP contribution in [0.2, 0.25) is 0 Å². The smallest absolute Gasteiger partial charge is 0.221 e. The van der Waals surface area contributed by atoms with Crippen LogP contribution in [0.5, 0.6) is 0 Å². The first kappa shape index (κ1) is 15.4. The van der Waals surface area contributed by atoms with Gasteiger partial charge in [-0.05, 0) is 13.0 Å². The summed E-state index contributed by atoms with van der Waals surface area (Å²) in [5.41, 5.74) is 5.87. The van der Waals surface area contributed by atoms with Crippen LogP contribution in [-0.2, 0) is 4.79 Å². The van der Waals surface area contributed by atoms with Crippen LogP contribution in [0.15, 0.2) is 0 Å². The quantitative estimate of drug-likeness (QED) is 0.686. The fourth-order valence-electron chi connectivity index (χ4n) is 1.95. The number of nitrogens with zero attached hydrogens (tertiary/aromatic N) is 2. The van der Waals surface area contributed by atoms with E-state index in [0.717, 1.165) is 39.3 Å². The molecule has 3 N–H and O–H groups in total. The number of nitrogens with two attached hydrogens (primary N) is 1. The van der Waals surface area contributed by atoms with Gasteiger partial charge in [0.05, 0.1) is 0 Å². The van der Waals surface area contributed by atoms with Gasteiger partial charge in [0.25, 0.3) is 0 Å². The van der Waals surface area contributed by atoms with Gasteiger partial charge in [0.1, 0.15) is 0 Å². The molecule has 0 aromatic carbocycles. The van der Waals surface area contributed by atoms with Crippen LogP contribution in [0.25, 0.3) is 0 Å². The summed E-state index contributed by atoms with van der Waals surface area (Å²) in [6, 6.07) is -0.0337. The van der Waals surface area contributed by atoms with Crippen LogP contribution >= 0.6 is 0 Å². The predicted molar refractivity (Wildman–Crippen MR) is 74.4 cm³/mol. The van der Waals surface area contributed by atoms with Crippen LogP contribution < -0.4 is 11.1 Å². The molecule has 1 unspecified atom stereocenters. The summed E-state index contributed by atoms with van der Waals surface area (Å²) in [6.07, 6.45) is 0.431. The first-order valence-corrected chi connectivity index (χ1v) is 6.92. The van der Waals surface area contributed by atoms with Crippen molar-refractivity contribution in [3.05, 3.63) is 0 Å². The first-order chi connectivity index (χ1) is 8.49. The van der Waals surface area contributed by atoms with Crippen molar-refractivity contribution >= 4 is 5.91 Å². The average molecular weight is 256 g/mol. The van der Waals surface area contributed by atoms with Crippen LogP contribution in [0.1, 0.15) is 20.3 Å². The van der Waals surface area contributed by atoms with E-state index in [1.807, 2.05) is 13.8 Å². The Hall–Kier alpha value is -0.650. The largest absolute Gasteiger partial charge is 0.355 e. The van der Waals surface area contributed by atoms with Gasteiger partial charge in [-0.3, -0.25) is 9.69 Å². The lowest BCUT2D eigenvalue weighted by Crippen LogP contribution is -2.47. The highest BCUT2D eigenvalue weighted by Gasteiger charge is 2.15. The number of carbonyl (C=O) groups excluding carboxylic acids is 1. The Bertz CT molecular complexity index is 249. The lowest BCUT2D eigenvalue weighted by atomic mass is 10.0. The summed E-state index contributed by atoms with van der Waals surface area (Å²) < 4.78 is 0. The number of amides is 1.